The van der Waals surface area contributed by atoms with Gasteiger partial charge in [0, 0.05) is 6.42 Å². The zero-order valence-corrected chi connectivity index (χ0v) is 7.52. The minimum absolute atomic E-state index is 0.106. The maximum atomic E-state index is 10.4. The monoisotopic (exact) mass is 220 g/mol. The number of hydrogen-bond acceptors (Lipinski definition) is 5. The molecule has 8 heteroatoms. The zero-order chi connectivity index (χ0) is 10.7. The molecule has 0 amide bonds. The molecule has 7 nitrogen and oxygen atoms in total. The van der Waals surface area contributed by atoms with Crippen molar-refractivity contribution in [3.63, 3.8) is 0 Å². The predicted molar refractivity (Wildman–Crippen MR) is 44.1 cm³/mol. The smallest absolute Gasteiger partial charge is 0.350 e. The van der Waals surface area contributed by atoms with Gasteiger partial charge >= 0.3 is 11.7 Å². The Bertz CT molecular complexity index is 374. The SMILES string of the molecule is O=C(O)CCc1onc(Cl)c1[N+](=O)[O-]. The average Bonchev–Trinajstić information content (AvgIpc) is 2.43. The molecular formula is C6H5ClN2O5. The van der Waals surface area contributed by atoms with Gasteiger partial charge in [-0.3, -0.25) is 14.9 Å². The van der Waals surface area contributed by atoms with Crippen LogP contribution in [0.2, 0.25) is 5.15 Å². The van der Waals surface area contributed by atoms with Crippen molar-refractivity contribution < 1.29 is 19.3 Å². The molecule has 14 heavy (non-hydrogen) atoms. The van der Waals surface area contributed by atoms with E-state index in [1.807, 2.05) is 0 Å². The first-order valence-electron chi connectivity index (χ1n) is 3.52. The molecule has 1 heterocycles. The van der Waals surface area contributed by atoms with Crippen molar-refractivity contribution in [2.45, 2.75) is 12.8 Å². The van der Waals surface area contributed by atoms with Crippen molar-refractivity contribution in [3.8, 4) is 0 Å². The van der Waals surface area contributed by atoms with Crippen LogP contribution >= 0.6 is 11.6 Å². The van der Waals surface area contributed by atoms with Crippen molar-refractivity contribution in [3.05, 3.63) is 21.0 Å². The molecule has 0 radical (unpaired) electrons. The molecule has 0 aromatic carbocycles. The van der Waals surface area contributed by atoms with Crippen molar-refractivity contribution in [1.29, 1.82) is 0 Å². The fourth-order valence-corrected chi connectivity index (χ4v) is 1.07. The molecule has 0 atom stereocenters. The predicted octanol–water partition coefficient (Wildman–Crippen LogP) is 1.25. The van der Waals surface area contributed by atoms with Gasteiger partial charge in [0.05, 0.1) is 11.3 Å². The average molecular weight is 221 g/mol. The summed E-state index contributed by atoms with van der Waals surface area (Å²) in [5, 5.41) is 21.6. The molecule has 0 aliphatic carbocycles. The lowest BCUT2D eigenvalue weighted by atomic mass is 10.2. The van der Waals surface area contributed by atoms with Gasteiger partial charge in [0.1, 0.15) is 0 Å². The summed E-state index contributed by atoms with van der Waals surface area (Å²) in [6.07, 6.45) is -0.377. The summed E-state index contributed by atoms with van der Waals surface area (Å²) in [4.78, 5) is 19.9. The summed E-state index contributed by atoms with van der Waals surface area (Å²) in [7, 11) is 0. The second-order valence-corrected chi connectivity index (χ2v) is 2.75. The molecule has 0 aliphatic heterocycles. The Morgan fingerprint density at radius 1 is 1.71 bits per heavy atom. The normalized spacial score (nSPS) is 10.1. The molecule has 0 saturated heterocycles. The number of aliphatic carboxylic acids is 1. The molecule has 76 valence electrons. The maximum Gasteiger partial charge on any atom is 0.350 e. The van der Waals surface area contributed by atoms with Crippen LogP contribution in [0.5, 0.6) is 0 Å². The first-order chi connectivity index (χ1) is 6.52. The van der Waals surface area contributed by atoms with Gasteiger partial charge in [-0.05, 0) is 0 Å². The summed E-state index contributed by atoms with van der Waals surface area (Å²) in [6.45, 7) is 0. The lowest BCUT2D eigenvalue weighted by Gasteiger charge is -1.91. The van der Waals surface area contributed by atoms with E-state index in [1.54, 1.807) is 0 Å². The Morgan fingerprint density at radius 3 is 2.86 bits per heavy atom. The minimum atomic E-state index is -1.08. The highest BCUT2D eigenvalue weighted by atomic mass is 35.5. The van der Waals surface area contributed by atoms with Crippen molar-refractivity contribution in [2.75, 3.05) is 0 Å². The molecule has 0 unspecified atom stereocenters. The van der Waals surface area contributed by atoms with Crippen LogP contribution in [0.1, 0.15) is 12.2 Å². The van der Waals surface area contributed by atoms with E-state index in [4.69, 9.17) is 16.7 Å². The number of carboxylic acids is 1. The van der Waals surface area contributed by atoms with E-state index >= 15 is 0 Å². The first-order valence-corrected chi connectivity index (χ1v) is 3.90. The van der Waals surface area contributed by atoms with E-state index in [0.717, 1.165) is 0 Å². The second kappa shape index (κ2) is 4.05. The number of halogens is 1. The number of carbonyl (C=O) groups is 1. The van der Waals surface area contributed by atoms with Crippen LogP contribution in [0.25, 0.3) is 0 Å². The van der Waals surface area contributed by atoms with E-state index in [0.29, 0.717) is 0 Å². The molecule has 0 aliphatic rings. The summed E-state index contributed by atoms with van der Waals surface area (Å²) in [5.74, 6) is -1.20. The van der Waals surface area contributed by atoms with E-state index in [-0.39, 0.29) is 23.8 Å². The topological polar surface area (TPSA) is 106 Å². The largest absolute Gasteiger partial charge is 0.481 e. The zero-order valence-electron chi connectivity index (χ0n) is 6.77. The molecule has 0 bridgehead atoms. The van der Waals surface area contributed by atoms with Gasteiger partial charge in [0.2, 0.25) is 10.9 Å². The molecule has 0 fully saturated rings. The number of aromatic nitrogens is 1. The number of carboxylic acid groups (broad SMARTS) is 1. The Hall–Kier alpha value is -1.63. The van der Waals surface area contributed by atoms with Gasteiger partial charge in [-0.25, -0.2) is 0 Å². The van der Waals surface area contributed by atoms with Crippen LogP contribution in [0.3, 0.4) is 0 Å². The van der Waals surface area contributed by atoms with Crippen LogP contribution in [0, 0.1) is 10.1 Å². The highest BCUT2D eigenvalue weighted by Crippen LogP contribution is 2.28. The Labute approximate surface area is 82.4 Å². The van der Waals surface area contributed by atoms with Gasteiger partial charge in [-0.2, -0.15) is 0 Å². The van der Waals surface area contributed by atoms with Crippen LogP contribution in [-0.2, 0) is 11.2 Å². The first kappa shape index (κ1) is 10.5. The molecular weight excluding hydrogens is 216 g/mol. The molecule has 1 N–H and O–H groups in total. The number of rotatable bonds is 4. The van der Waals surface area contributed by atoms with Crippen molar-refractivity contribution >= 4 is 23.3 Å². The summed E-state index contributed by atoms with van der Waals surface area (Å²) in [6, 6.07) is 0. The van der Waals surface area contributed by atoms with Crippen molar-refractivity contribution in [2.24, 2.45) is 0 Å². The summed E-state index contributed by atoms with van der Waals surface area (Å²) < 4.78 is 4.52. The minimum Gasteiger partial charge on any atom is -0.481 e. The van der Waals surface area contributed by atoms with Gasteiger partial charge in [0.25, 0.3) is 0 Å². The standard InChI is InChI=1S/C6H5ClN2O5/c7-6-5(9(12)13)3(14-8-6)1-2-4(10)11/h1-2H2,(H,10,11). The Morgan fingerprint density at radius 2 is 2.36 bits per heavy atom. The molecule has 1 rings (SSSR count). The van der Waals surface area contributed by atoms with Crippen LogP contribution in [-0.4, -0.2) is 21.2 Å². The molecule has 0 saturated carbocycles. The highest BCUT2D eigenvalue weighted by Gasteiger charge is 2.25. The third-order valence-electron chi connectivity index (χ3n) is 1.44. The fourth-order valence-electron chi connectivity index (χ4n) is 0.858. The van der Waals surface area contributed by atoms with E-state index < -0.39 is 16.6 Å². The van der Waals surface area contributed by atoms with Gasteiger partial charge in [-0.15, -0.1) is 0 Å². The molecule has 0 spiro atoms. The Kier molecular flexibility index (Phi) is 3.03. The van der Waals surface area contributed by atoms with E-state index in [1.165, 1.54) is 0 Å². The second-order valence-electron chi connectivity index (χ2n) is 2.40. The highest BCUT2D eigenvalue weighted by molar-refractivity contribution is 6.31. The van der Waals surface area contributed by atoms with Crippen LogP contribution in [0.4, 0.5) is 5.69 Å². The third kappa shape index (κ3) is 2.19. The van der Waals surface area contributed by atoms with Crippen LogP contribution < -0.4 is 0 Å². The molecule has 1 aromatic rings. The summed E-state index contributed by atoms with van der Waals surface area (Å²) in [5.41, 5.74) is -0.465. The van der Waals surface area contributed by atoms with E-state index in [9.17, 15) is 14.9 Å². The molecule has 1 aromatic heterocycles. The number of nitrogens with zero attached hydrogens (tertiary/aromatic N) is 2. The van der Waals surface area contributed by atoms with Crippen molar-refractivity contribution in [1.82, 2.24) is 5.16 Å². The number of hydrogen-bond donors (Lipinski definition) is 1. The fraction of sp³-hybridized carbons (Fsp3) is 0.333. The number of nitro groups is 1. The van der Waals surface area contributed by atoms with Gasteiger partial charge < -0.3 is 9.63 Å². The Balaban J connectivity index is 2.86. The van der Waals surface area contributed by atoms with Gasteiger partial charge in [-0.1, -0.05) is 16.8 Å². The quantitative estimate of drug-likeness (QED) is 0.605. The van der Waals surface area contributed by atoms with Crippen LogP contribution in [0.15, 0.2) is 4.52 Å². The summed E-state index contributed by atoms with van der Waals surface area (Å²) >= 11 is 5.36. The maximum absolute atomic E-state index is 10.4. The van der Waals surface area contributed by atoms with E-state index in [2.05, 4.69) is 9.68 Å². The number of aryl methyl sites for hydroxylation is 1. The third-order valence-corrected chi connectivity index (χ3v) is 1.69. The van der Waals surface area contributed by atoms with Gasteiger partial charge in [0.15, 0.2) is 0 Å². The lowest BCUT2D eigenvalue weighted by Crippen LogP contribution is -1.99. The lowest BCUT2D eigenvalue weighted by molar-refractivity contribution is -0.385.